The van der Waals surface area contributed by atoms with Gasteiger partial charge in [-0.1, -0.05) is 24.3 Å². The number of ether oxygens (including phenoxy) is 1. The van der Waals surface area contributed by atoms with Crippen molar-refractivity contribution in [2.24, 2.45) is 0 Å². The molecule has 1 aliphatic heterocycles. The summed E-state index contributed by atoms with van der Waals surface area (Å²) in [5, 5.41) is 2.91. The Bertz CT molecular complexity index is 640. The summed E-state index contributed by atoms with van der Waals surface area (Å²) in [6.45, 7) is 0.717. The highest BCUT2D eigenvalue weighted by Gasteiger charge is 2.24. The highest BCUT2D eigenvalue weighted by Crippen LogP contribution is 2.28. The number of urea groups is 1. The third-order valence-corrected chi connectivity index (χ3v) is 3.45. The van der Waals surface area contributed by atoms with E-state index < -0.39 is 0 Å². The van der Waals surface area contributed by atoms with Gasteiger partial charge < -0.3 is 10.1 Å². The molecule has 102 valence electrons. The fourth-order valence-electron chi connectivity index (χ4n) is 2.44. The topological polar surface area (TPSA) is 41.6 Å². The Hall–Kier alpha value is -2.49. The van der Waals surface area contributed by atoms with Gasteiger partial charge in [-0.15, -0.1) is 0 Å². The van der Waals surface area contributed by atoms with Crippen LogP contribution in [-0.2, 0) is 6.42 Å². The van der Waals surface area contributed by atoms with E-state index in [4.69, 9.17) is 4.74 Å². The molecular weight excluding hydrogens is 252 g/mol. The smallest absolute Gasteiger partial charge is 0.326 e. The summed E-state index contributed by atoms with van der Waals surface area (Å²) in [6.07, 6.45) is 0.904. The first kappa shape index (κ1) is 12.5. The lowest BCUT2D eigenvalue weighted by Crippen LogP contribution is -2.33. The third-order valence-electron chi connectivity index (χ3n) is 3.45. The number of benzene rings is 2. The molecule has 0 bridgehead atoms. The van der Waals surface area contributed by atoms with Crippen molar-refractivity contribution in [3.05, 3.63) is 54.1 Å². The number of nitrogens with one attached hydrogen (secondary N) is 1. The molecule has 4 heteroatoms. The van der Waals surface area contributed by atoms with E-state index in [9.17, 15) is 4.79 Å². The molecule has 0 aromatic heterocycles. The van der Waals surface area contributed by atoms with Gasteiger partial charge in [-0.3, -0.25) is 4.90 Å². The molecule has 0 unspecified atom stereocenters. The number of para-hydroxylation sites is 1. The van der Waals surface area contributed by atoms with Crippen LogP contribution in [0.3, 0.4) is 0 Å². The summed E-state index contributed by atoms with van der Waals surface area (Å²) in [5.41, 5.74) is 2.94. The van der Waals surface area contributed by atoms with Gasteiger partial charge in [0.1, 0.15) is 5.75 Å². The monoisotopic (exact) mass is 268 g/mol. The van der Waals surface area contributed by atoms with Crippen LogP contribution in [0.5, 0.6) is 5.75 Å². The van der Waals surface area contributed by atoms with Gasteiger partial charge in [-0.05, 0) is 30.2 Å². The lowest BCUT2D eigenvalue weighted by Gasteiger charge is -2.18. The molecule has 0 aliphatic carbocycles. The van der Waals surface area contributed by atoms with Gasteiger partial charge in [0.15, 0.2) is 0 Å². The van der Waals surface area contributed by atoms with Gasteiger partial charge in [-0.2, -0.15) is 0 Å². The van der Waals surface area contributed by atoms with Gasteiger partial charge in [0.2, 0.25) is 0 Å². The number of amides is 2. The van der Waals surface area contributed by atoms with Crippen LogP contribution in [0.15, 0.2) is 48.5 Å². The predicted molar refractivity (Wildman–Crippen MR) is 79.5 cm³/mol. The van der Waals surface area contributed by atoms with Gasteiger partial charge >= 0.3 is 6.03 Å². The molecule has 0 spiro atoms. The zero-order chi connectivity index (χ0) is 13.9. The Labute approximate surface area is 118 Å². The van der Waals surface area contributed by atoms with Crippen LogP contribution in [-0.4, -0.2) is 19.7 Å². The van der Waals surface area contributed by atoms with Crippen molar-refractivity contribution in [2.75, 3.05) is 23.9 Å². The zero-order valence-electron chi connectivity index (χ0n) is 11.3. The average molecular weight is 268 g/mol. The molecule has 2 amide bonds. The minimum absolute atomic E-state index is 0.108. The summed E-state index contributed by atoms with van der Waals surface area (Å²) in [6, 6.07) is 15.2. The second kappa shape index (κ2) is 5.25. The molecule has 1 heterocycles. The maximum atomic E-state index is 12.4. The normalized spacial score (nSPS) is 12.9. The number of hydrogen-bond donors (Lipinski definition) is 1. The number of rotatable bonds is 2. The molecule has 1 N–H and O–H groups in total. The second-order valence-electron chi connectivity index (χ2n) is 4.69. The standard InChI is InChI=1S/C16H16N2O2/c1-20-14-7-4-6-13(11-14)17-16(19)18-10-9-12-5-2-3-8-15(12)18/h2-8,11H,9-10H2,1H3,(H,17,19). The first-order valence-corrected chi connectivity index (χ1v) is 6.58. The summed E-state index contributed by atoms with van der Waals surface area (Å²) in [5.74, 6) is 0.727. The fraction of sp³-hybridized carbons (Fsp3) is 0.188. The molecular formula is C16H16N2O2. The van der Waals surface area contributed by atoms with E-state index in [1.165, 1.54) is 5.56 Å². The van der Waals surface area contributed by atoms with Crippen LogP contribution >= 0.6 is 0 Å². The predicted octanol–water partition coefficient (Wildman–Crippen LogP) is 3.29. The van der Waals surface area contributed by atoms with Gasteiger partial charge in [0, 0.05) is 24.0 Å². The zero-order valence-corrected chi connectivity index (χ0v) is 11.3. The molecule has 20 heavy (non-hydrogen) atoms. The minimum atomic E-state index is -0.108. The summed E-state index contributed by atoms with van der Waals surface area (Å²) >= 11 is 0. The Morgan fingerprint density at radius 3 is 2.90 bits per heavy atom. The van der Waals surface area contributed by atoms with Gasteiger partial charge in [-0.25, -0.2) is 4.79 Å². The largest absolute Gasteiger partial charge is 0.497 e. The van der Waals surface area contributed by atoms with Gasteiger partial charge in [0.05, 0.1) is 7.11 Å². The molecule has 0 atom stereocenters. The Morgan fingerprint density at radius 1 is 1.20 bits per heavy atom. The number of hydrogen-bond acceptors (Lipinski definition) is 2. The lowest BCUT2D eigenvalue weighted by atomic mass is 10.2. The first-order chi connectivity index (χ1) is 9.78. The molecule has 2 aromatic rings. The van der Waals surface area contributed by atoms with E-state index >= 15 is 0 Å². The first-order valence-electron chi connectivity index (χ1n) is 6.58. The molecule has 0 fully saturated rings. The number of methoxy groups -OCH3 is 1. The van der Waals surface area contributed by atoms with Crippen LogP contribution in [0.25, 0.3) is 0 Å². The highest BCUT2D eigenvalue weighted by molar-refractivity contribution is 6.03. The third kappa shape index (κ3) is 2.32. The number of fused-ring (bicyclic) bond motifs is 1. The molecule has 2 aromatic carbocycles. The lowest BCUT2D eigenvalue weighted by molar-refractivity contribution is 0.257. The maximum Gasteiger partial charge on any atom is 0.326 e. The average Bonchev–Trinajstić information content (AvgIpc) is 2.91. The number of carbonyl (C=O) groups is 1. The van der Waals surface area contributed by atoms with Crippen molar-refractivity contribution in [1.82, 2.24) is 0 Å². The molecule has 4 nitrogen and oxygen atoms in total. The summed E-state index contributed by atoms with van der Waals surface area (Å²) in [4.78, 5) is 14.1. The van der Waals surface area contributed by atoms with E-state index in [2.05, 4.69) is 11.4 Å². The van der Waals surface area contributed by atoms with E-state index in [1.807, 2.05) is 36.4 Å². The van der Waals surface area contributed by atoms with Crippen LogP contribution < -0.4 is 15.0 Å². The molecule has 0 saturated heterocycles. The Morgan fingerprint density at radius 2 is 2.05 bits per heavy atom. The van der Waals surface area contributed by atoms with Crippen molar-refractivity contribution >= 4 is 17.4 Å². The van der Waals surface area contributed by atoms with Crippen LogP contribution in [0.2, 0.25) is 0 Å². The van der Waals surface area contributed by atoms with Crippen molar-refractivity contribution in [2.45, 2.75) is 6.42 Å². The van der Waals surface area contributed by atoms with Crippen LogP contribution in [0.1, 0.15) is 5.56 Å². The molecule has 0 radical (unpaired) electrons. The molecule has 1 aliphatic rings. The van der Waals surface area contributed by atoms with Crippen molar-refractivity contribution in [3.8, 4) is 5.75 Å². The van der Waals surface area contributed by atoms with Crippen molar-refractivity contribution < 1.29 is 9.53 Å². The van der Waals surface area contributed by atoms with E-state index in [1.54, 1.807) is 18.1 Å². The summed E-state index contributed by atoms with van der Waals surface area (Å²) < 4.78 is 5.15. The second-order valence-corrected chi connectivity index (χ2v) is 4.69. The van der Waals surface area contributed by atoms with Crippen LogP contribution in [0, 0.1) is 0 Å². The van der Waals surface area contributed by atoms with Gasteiger partial charge in [0.25, 0.3) is 0 Å². The van der Waals surface area contributed by atoms with Crippen molar-refractivity contribution in [1.29, 1.82) is 0 Å². The number of nitrogens with zero attached hydrogens (tertiary/aromatic N) is 1. The SMILES string of the molecule is COc1cccc(NC(=O)N2CCc3ccccc32)c1. The quantitative estimate of drug-likeness (QED) is 0.908. The van der Waals surface area contributed by atoms with E-state index in [0.29, 0.717) is 0 Å². The summed E-state index contributed by atoms with van der Waals surface area (Å²) in [7, 11) is 1.61. The molecule has 0 saturated carbocycles. The van der Waals surface area contributed by atoms with Crippen LogP contribution in [0.4, 0.5) is 16.2 Å². The Balaban J connectivity index is 1.77. The van der Waals surface area contributed by atoms with E-state index in [-0.39, 0.29) is 6.03 Å². The molecule has 3 rings (SSSR count). The maximum absolute atomic E-state index is 12.4. The number of anilines is 2. The highest BCUT2D eigenvalue weighted by atomic mass is 16.5. The number of carbonyl (C=O) groups excluding carboxylic acids is 1. The van der Waals surface area contributed by atoms with Crippen molar-refractivity contribution in [3.63, 3.8) is 0 Å². The minimum Gasteiger partial charge on any atom is -0.497 e. The van der Waals surface area contributed by atoms with E-state index in [0.717, 1.165) is 30.1 Å². The Kier molecular flexibility index (Phi) is 3.29. The fourth-order valence-corrected chi connectivity index (χ4v) is 2.44.